The van der Waals surface area contributed by atoms with E-state index in [0.717, 1.165) is 36.7 Å². The van der Waals surface area contributed by atoms with Crippen molar-refractivity contribution in [1.29, 1.82) is 0 Å². The van der Waals surface area contributed by atoms with Crippen LogP contribution in [0.5, 0.6) is 5.75 Å². The lowest BCUT2D eigenvalue weighted by atomic mass is 9.93. The average molecular weight is 277 g/mol. The van der Waals surface area contributed by atoms with Crippen molar-refractivity contribution in [1.82, 2.24) is 5.32 Å². The standard InChI is InChI=1S/C16H23NO3/c1-12-11-14(4-5-15(12)16(18)19)20-10-2-3-13-6-8-17-9-7-13/h4-5,11,13,17H,2-3,6-10H2,1H3,(H,18,19). The normalized spacial score (nSPS) is 16.1. The van der Waals surface area contributed by atoms with Gasteiger partial charge >= 0.3 is 5.97 Å². The number of carbonyl (C=O) groups is 1. The minimum atomic E-state index is -0.889. The van der Waals surface area contributed by atoms with Gasteiger partial charge in [-0.1, -0.05) is 0 Å². The van der Waals surface area contributed by atoms with Gasteiger partial charge in [0.1, 0.15) is 5.75 Å². The van der Waals surface area contributed by atoms with Crippen LogP contribution in [0.15, 0.2) is 18.2 Å². The minimum absolute atomic E-state index is 0.340. The Hall–Kier alpha value is -1.55. The third kappa shape index (κ3) is 4.23. The summed E-state index contributed by atoms with van der Waals surface area (Å²) in [5.74, 6) is 0.703. The van der Waals surface area contributed by atoms with Gasteiger partial charge < -0.3 is 15.2 Å². The molecule has 0 bridgehead atoms. The molecule has 1 aliphatic heterocycles. The zero-order valence-electron chi connectivity index (χ0n) is 12.0. The first kappa shape index (κ1) is 14.9. The third-order valence-electron chi connectivity index (χ3n) is 3.91. The van der Waals surface area contributed by atoms with Crippen LogP contribution in [0.4, 0.5) is 0 Å². The summed E-state index contributed by atoms with van der Waals surface area (Å²) in [6.07, 6.45) is 4.82. The topological polar surface area (TPSA) is 58.6 Å². The minimum Gasteiger partial charge on any atom is -0.494 e. The largest absolute Gasteiger partial charge is 0.494 e. The fourth-order valence-electron chi connectivity index (χ4n) is 2.70. The van der Waals surface area contributed by atoms with Crippen LogP contribution in [0.2, 0.25) is 0 Å². The molecule has 0 saturated carbocycles. The van der Waals surface area contributed by atoms with Gasteiger partial charge in [0.05, 0.1) is 12.2 Å². The number of benzene rings is 1. The van der Waals surface area contributed by atoms with Crippen molar-refractivity contribution >= 4 is 5.97 Å². The van der Waals surface area contributed by atoms with Crippen LogP contribution in [0.25, 0.3) is 0 Å². The van der Waals surface area contributed by atoms with Crippen molar-refractivity contribution in [2.75, 3.05) is 19.7 Å². The molecule has 1 saturated heterocycles. The molecule has 1 aromatic carbocycles. The Kier molecular flexibility index (Phi) is 5.41. The molecule has 0 aliphatic carbocycles. The highest BCUT2D eigenvalue weighted by Gasteiger charge is 2.12. The number of ether oxygens (including phenoxy) is 1. The molecule has 1 aromatic rings. The fourth-order valence-corrected chi connectivity index (χ4v) is 2.70. The maximum Gasteiger partial charge on any atom is 0.335 e. The molecule has 0 spiro atoms. The van der Waals surface area contributed by atoms with Gasteiger partial charge in [0, 0.05) is 0 Å². The molecule has 0 radical (unpaired) electrons. The molecular weight excluding hydrogens is 254 g/mol. The van der Waals surface area contributed by atoms with E-state index >= 15 is 0 Å². The summed E-state index contributed by atoms with van der Waals surface area (Å²) in [6, 6.07) is 5.15. The van der Waals surface area contributed by atoms with E-state index < -0.39 is 5.97 Å². The monoisotopic (exact) mass is 277 g/mol. The lowest BCUT2D eigenvalue weighted by Gasteiger charge is -2.22. The number of nitrogens with one attached hydrogen (secondary N) is 1. The predicted molar refractivity (Wildman–Crippen MR) is 78.5 cm³/mol. The van der Waals surface area contributed by atoms with Crippen LogP contribution in [0.3, 0.4) is 0 Å². The van der Waals surface area contributed by atoms with Gasteiger partial charge in [-0.3, -0.25) is 0 Å². The first-order chi connectivity index (χ1) is 9.66. The second-order valence-electron chi connectivity index (χ2n) is 5.47. The summed E-state index contributed by atoms with van der Waals surface area (Å²) in [6.45, 7) is 4.78. The number of aryl methyl sites for hydroxylation is 1. The van der Waals surface area contributed by atoms with E-state index in [2.05, 4.69) is 5.32 Å². The van der Waals surface area contributed by atoms with Crippen LogP contribution in [0.1, 0.15) is 41.6 Å². The number of carboxylic acid groups (broad SMARTS) is 1. The quantitative estimate of drug-likeness (QED) is 0.785. The lowest BCUT2D eigenvalue weighted by Crippen LogP contribution is -2.27. The van der Waals surface area contributed by atoms with E-state index in [4.69, 9.17) is 9.84 Å². The smallest absolute Gasteiger partial charge is 0.335 e. The van der Waals surface area contributed by atoms with Crippen LogP contribution in [0, 0.1) is 12.8 Å². The molecule has 0 atom stereocenters. The second-order valence-corrected chi connectivity index (χ2v) is 5.47. The summed E-state index contributed by atoms with van der Waals surface area (Å²) >= 11 is 0. The molecular formula is C16H23NO3. The van der Waals surface area contributed by atoms with Gasteiger partial charge in [-0.25, -0.2) is 4.79 Å². The van der Waals surface area contributed by atoms with Gasteiger partial charge in [0.15, 0.2) is 0 Å². The molecule has 0 unspecified atom stereocenters. The lowest BCUT2D eigenvalue weighted by molar-refractivity contribution is 0.0696. The number of rotatable bonds is 6. The van der Waals surface area contributed by atoms with Crippen LogP contribution in [-0.4, -0.2) is 30.8 Å². The Labute approximate surface area is 120 Å². The summed E-state index contributed by atoms with van der Waals surface area (Å²) in [4.78, 5) is 10.9. The maximum absolute atomic E-state index is 10.9. The number of piperidine rings is 1. The molecule has 2 N–H and O–H groups in total. The van der Waals surface area contributed by atoms with Crippen LogP contribution >= 0.6 is 0 Å². The molecule has 0 amide bonds. The molecule has 110 valence electrons. The Bertz CT molecular complexity index is 453. The number of aromatic carboxylic acids is 1. The van der Waals surface area contributed by atoms with Crippen LogP contribution < -0.4 is 10.1 Å². The zero-order chi connectivity index (χ0) is 14.4. The van der Waals surface area contributed by atoms with Crippen molar-refractivity contribution in [3.8, 4) is 5.75 Å². The van der Waals surface area contributed by atoms with Gasteiger partial charge in [0.25, 0.3) is 0 Å². The van der Waals surface area contributed by atoms with Crippen molar-refractivity contribution < 1.29 is 14.6 Å². The van der Waals surface area contributed by atoms with Crippen LogP contribution in [-0.2, 0) is 0 Å². The van der Waals surface area contributed by atoms with E-state index in [0.29, 0.717) is 12.2 Å². The van der Waals surface area contributed by atoms with Crippen molar-refractivity contribution in [2.24, 2.45) is 5.92 Å². The highest BCUT2D eigenvalue weighted by Crippen LogP contribution is 2.20. The summed E-state index contributed by atoms with van der Waals surface area (Å²) in [5.41, 5.74) is 1.08. The van der Waals surface area contributed by atoms with Crippen molar-refractivity contribution in [3.05, 3.63) is 29.3 Å². The van der Waals surface area contributed by atoms with Crippen molar-refractivity contribution in [2.45, 2.75) is 32.6 Å². The zero-order valence-corrected chi connectivity index (χ0v) is 12.0. The molecule has 0 aromatic heterocycles. The van der Waals surface area contributed by atoms with E-state index in [-0.39, 0.29) is 0 Å². The molecule has 1 fully saturated rings. The molecule has 4 nitrogen and oxygen atoms in total. The van der Waals surface area contributed by atoms with Gasteiger partial charge in [-0.05, 0) is 75.4 Å². The fraction of sp³-hybridized carbons (Fsp3) is 0.562. The Balaban J connectivity index is 1.73. The highest BCUT2D eigenvalue weighted by atomic mass is 16.5. The average Bonchev–Trinajstić information content (AvgIpc) is 2.44. The second kappa shape index (κ2) is 7.29. The first-order valence-corrected chi connectivity index (χ1v) is 7.34. The van der Waals surface area contributed by atoms with Gasteiger partial charge in [-0.2, -0.15) is 0 Å². The van der Waals surface area contributed by atoms with Crippen molar-refractivity contribution in [3.63, 3.8) is 0 Å². The molecule has 4 heteroatoms. The van der Waals surface area contributed by atoms with E-state index in [1.165, 1.54) is 19.3 Å². The molecule has 20 heavy (non-hydrogen) atoms. The highest BCUT2D eigenvalue weighted by molar-refractivity contribution is 5.89. The predicted octanol–water partition coefficient (Wildman–Crippen LogP) is 2.85. The third-order valence-corrected chi connectivity index (χ3v) is 3.91. The summed E-state index contributed by atoms with van der Waals surface area (Å²) in [7, 11) is 0. The maximum atomic E-state index is 10.9. The summed E-state index contributed by atoms with van der Waals surface area (Å²) in [5, 5.41) is 12.3. The molecule has 1 heterocycles. The Morgan fingerprint density at radius 1 is 1.40 bits per heavy atom. The summed E-state index contributed by atoms with van der Waals surface area (Å²) < 4.78 is 5.70. The SMILES string of the molecule is Cc1cc(OCCCC2CCNCC2)ccc1C(=O)O. The first-order valence-electron chi connectivity index (χ1n) is 7.34. The Morgan fingerprint density at radius 3 is 2.80 bits per heavy atom. The number of carboxylic acids is 1. The van der Waals surface area contributed by atoms with E-state index in [1.54, 1.807) is 25.1 Å². The van der Waals surface area contributed by atoms with Gasteiger partial charge in [-0.15, -0.1) is 0 Å². The molecule has 1 aliphatic rings. The number of hydrogen-bond acceptors (Lipinski definition) is 3. The Morgan fingerprint density at radius 2 is 2.15 bits per heavy atom. The van der Waals surface area contributed by atoms with Gasteiger partial charge in [0.2, 0.25) is 0 Å². The number of hydrogen-bond donors (Lipinski definition) is 2. The van der Waals surface area contributed by atoms with E-state index in [9.17, 15) is 4.79 Å². The van der Waals surface area contributed by atoms with E-state index in [1.807, 2.05) is 0 Å². The molecule has 2 rings (SSSR count).